The zero-order valence-corrected chi connectivity index (χ0v) is 16.8. The number of halogens is 1. The molecule has 0 aromatic heterocycles. The number of fused-ring (bicyclic) bond motifs is 1. The molecular formula is C25H35FO. The number of ether oxygens (including phenoxy) is 1. The molecule has 1 aromatic carbocycles. The van der Waals surface area contributed by atoms with Crippen LogP contribution in [0.15, 0.2) is 30.9 Å². The summed E-state index contributed by atoms with van der Waals surface area (Å²) in [5.74, 6) is 5.16. The van der Waals surface area contributed by atoms with Crippen LogP contribution in [0.2, 0.25) is 0 Å². The van der Waals surface area contributed by atoms with E-state index in [4.69, 9.17) is 4.74 Å². The summed E-state index contributed by atoms with van der Waals surface area (Å²) in [7, 11) is 1.53. The van der Waals surface area contributed by atoms with Crippen molar-refractivity contribution in [2.45, 2.75) is 70.1 Å². The first-order valence-corrected chi connectivity index (χ1v) is 11.1. The molecule has 3 aliphatic rings. The third kappa shape index (κ3) is 4.10. The molecule has 4 rings (SSSR count). The first-order chi connectivity index (χ1) is 13.2. The molecule has 0 amide bonds. The predicted octanol–water partition coefficient (Wildman–Crippen LogP) is 7.13. The quantitative estimate of drug-likeness (QED) is 0.512. The SMILES string of the molecule is C=CC1CCC(C2CCC3CC(c4ccc(OC)c(F)c4)CCC3C2)CC1. The number of hydrogen-bond acceptors (Lipinski definition) is 1. The maximum atomic E-state index is 14.1. The predicted molar refractivity (Wildman–Crippen MR) is 110 cm³/mol. The topological polar surface area (TPSA) is 9.23 Å². The van der Waals surface area contributed by atoms with Crippen LogP contribution in [0, 0.1) is 35.4 Å². The molecule has 0 spiro atoms. The minimum atomic E-state index is -0.212. The van der Waals surface area contributed by atoms with Crippen molar-refractivity contribution < 1.29 is 9.13 Å². The Morgan fingerprint density at radius 3 is 2.19 bits per heavy atom. The van der Waals surface area contributed by atoms with Crippen LogP contribution < -0.4 is 4.74 Å². The van der Waals surface area contributed by atoms with Crippen molar-refractivity contribution in [1.29, 1.82) is 0 Å². The van der Waals surface area contributed by atoms with Crippen LogP contribution in [-0.4, -0.2) is 7.11 Å². The zero-order chi connectivity index (χ0) is 18.8. The van der Waals surface area contributed by atoms with Gasteiger partial charge in [-0.3, -0.25) is 0 Å². The van der Waals surface area contributed by atoms with Crippen LogP contribution in [0.4, 0.5) is 4.39 Å². The second kappa shape index (κ2) is 8.37. The third-order valence-electron chi connectivity index (χ3n) is 8.12. The lowest BCUT2D eigenvalue weighted by Crippen LogP contribution is -2.34. The molecule has 0 N–H and O–H groups in total. The summed E-state index contributed by atoms with van der Waals surface area (Å²) in [4.78, 5) is 0. The molecule has 0 bridgehead atoms. The Kier molecular flexibility index (Phi) is 5.90. The van der Waals surface area contributed by atoms with E-state index in [2.05, 4.69) is 18.7 Å². The minimum absolute atomic E-state index is 0.212. The molecule has 0 radical (unpaired) electrons. The van der Waals surface area contributed by atoms with Gasteiger partial charge in [0.1, 0.15) is 0 Å². The van der Waals surface area contributed by atoms with Gasteiger partial charge in [-0.15, -0.1) is 6.58 Å². The Bertz CT molecular complexity index is 646. The summed E-state index contributed by atoms with van der Waals surface area (Å²) in [6, 6.07) is 5.59. The lowest BCUT2D eigenvalue weighted by Gasteiger charge is -2.45. The average Bonchev–Trinajstić information content (AvgIpc) is 2.73. The van der Waals surface area contributed by atoms with Crippen molar-refractivity contribution in [3.05, 3.63) is 42.2 Å². The summed E-state index contributed by atoms with van der Waals surface area (Å²) >= 11 is 0. The van der Waals surface area contributed by atoms with Gasteiger partial charge < -0.3 is 4.74 Å². The van der Waals surface area contributed by atoms with E-state index in [9.17, 15) is 4.39 Å². The van der Waals surface area contributed by atoms with Crippen LogP contribution in [0.1, 0.15) is 75.7 Å². The molecule has 3 fully saturated rings. The summed E-state index contributed by atoms with van der Waals surface area (Å²) < 4.78 is 19.2. The standard InChI is InChI=1S/C25H35FO/c1-3-17-4-6-18(7-5-17)19-8-9-21-15-22(11-10-20(21)14-19)23-12-13-25(27-2)24(26)16-23/h3,12-13,16-22H,1,4-11,14-15H2,2H3. The van der Waals surface area contributed by atoms with Gasteiger partial charge in [0.05, 0.1) is 7.11 Å². The number of rotatable bonds is 4. The van der Waals surface area contributed by atoms with Crippen LogP contribution in [0.3, 0.4) is 0 Å². The fourth-order valence-electron chi connectivity index (χ4n) is 6.44. The number of methoxy groups -OCH3 is 1. The first-order valence-electron chi connectivity index (χ1n) is 11.1. The van der Waals surface area contributed by atoms with Gasteiger partial charge in [0.25, 0.3) is 0 Å². The van der Waals surface area contributed by atoms with Gasteiger partial charge in [0, 0.05) is 0 Å². The van der Waals surface area contributed by atoms with E-state index in [1.54, 1.807) is 12.1 Å². The zero-order valence-electron chi connectivity index (χ0n) is 16.8. The van der Waals surface area contributed by atoms with Gasteiger partial charge in [-0.1, -0.05) is 12.1 Å². The van der Waals surface area contributed by atoms with Crippen molar-refractivity contribution in [2.75, 3.05) is 7.11 Å². The second-order valence-corrected chi connectivity index (χ2v) is 9.41. The lowest BCUT2D eigenvalue weighted by atomic mass is 9.60. The van der Waals surface area contributed by atoms with E-state index in [1.807, 2.05) is 0 Å². The van der Waals surface area contributed by atoms with Gasteiger partial charge in [0.15, 0.2) is 11.6 Å². The highest BCUT2D eigenvalue weighted by atomic mass is 19.1. The van der Waals surface area contributed by atoms with Crippen molar-refractivity contribution in [1.82, 2.24) is 0 Å². The van der Waals surface area contributed by atoms with Gasteiger partial charge in [0.2, 0.25) is 0 Å². The molecule has 1 nitrogen and oxygen atoms in total. The molecule has 0 saturated heterocycles. The fourth-order valence-corrected chi connectivity index (χ4v) is 6.44. The van der Waals surface area contributed by atoms with E-state index in [-0.39, 0.29) is 5.82 Å². The summed E-state index contributed by atoms with van der Waals surface area (Å²) in [6.45, 7) is 3.99. The largest absolute Gasteiger partial charge is 0.494 e. The number of hydrogen-bond donors (Lipinski definition) is 0. The van der Waals surface area contributed by atoms with Crippen molar-refractivity contribution in [3.63, 3.8) is 0 Å². The summed E-state index contributed by atoms with van der Waals surface area (Å²) in [5, 5.41) is 0. The van der Waals surface area contributed by atoms with Gasteiger partial charge in [-0.2, -0.15) is 0 Å². The second-order valence-electron chi connectivity index (χ2n) is 9.41. The van der Waals surface area contributed by atoms with Crippen LogP contribution in [0.5, 0.6) is 5.75 Å². The normalized spacial score (nSPS) is 36.7. The monoisotopic (exact) mass is 370 g/mol. The van der Waals surface area contributed by atoms with Crippen LogP contribution in [0.25, 0.3) is 0 Å². The Labute approximate surface area is 164 Å². The van der Waals surface area contributed by atoms with Crippen LogP contribution in [-0.2, 0) is 0 Å². The highest BCUT2D eigenvalue weighted by Crippen LogP contribution is 2.51. The van der Waals surface area contributed by atoms with Crippen molar-refractivity contribution in [2.24, 2.45) is 29.6 Å². The Hall–Kier alpha value is -1.31. The molecule has 0 heterocycles. The molecular weight excluding hydrogens is 335 g/mol. The van der Waals surface area contributed by atoms with Gasteiger partial charge in [-0.05, 0) is 117 Å². The van der Waals surface area contributed by atoms with Gasteiger partial charge in [-0.25, -0.2) is 4.39 Å². The number of benzene rings is 1. The average molecular weight is 371 g/mol. The van der Waals surface area contributed by atoms with E-state index in [0.717, 1.165) is 29.6 Å². The smallest absolute Gasteiger partial charge is 0.165 e. The number of allylic oxidation sites excluding steroid dienone is 1. The third-order valence-corrected chi connectivity index (χ3v) is 8.12. The molecule has 1 aromatic rings. The molecule has 3 aliphatic carbocycles. The van der Waals surface area contributed by atoms with E-state index >= 15 is 0 Å². The highest BCUT2D eigenvalue weighted by Gasteiger charge is 2.39. The molecule has 2 heteroatoms. The maximum absolute atomic E-state index is 14.1. The van der Waals surface area contributed by atoms with Crippen molar-refractivity contribution in [3.8, 4) is 5.75 Å². The van der Waals surface area contributed by atoms with Gasteiger partial charge >= 0.3 is 0 Å². The fraction of sp³-hybridized carbons (Fsp3) is 0.680. The summed E-state index contributed by atoms with van der Waals surface area (Å²) in [6.07, 6.45) is 15.8. The molecule has 148 valence electrons. The molecule has 4 atom stereocenters. The Morgan fingerprint density at radius 1 is 0.889 bits per heavy atom. The van der Waals surface area contributed by atoms with E-state index in [1.165, 1.54) is 76.9 Å². The van der Waals surface area contributed by atoms with E-state index < -0.39 is 0 Å². The maximum Gasteiger partial charge on any atom is 0.165 e. The lowest BCUT2D eigenvalue weighted by molar-refractivity contribution is 0.0748. The highest BCUT2D eigenvalue weighted by molar-refractivity contribution is 5.31. The Balaban J connectivity index is 1.34. The molecule has 27 heavy (non-hydrogen) atoms. The Morgan fingerprint density at radius 2 is 1.52 bits per heavy atom. The molecule has 0 aliphatic heterocycles. The van der Waals surface area contributed by atoms with E-state index in [0.29, 0.717) is 11.7 Å². The van der Waals surface area contributed by atoms with Crippen LogP contribution >= 0.6 is 0 Å². The summed E-state index contributed by atoms with van der Waals surface area (Å²) in [5.41, 5.74) is 1.18. The molecule has 3 saturated carbocycles. The molecule has 4 unspecified atom stereocenters. The first kappa shape index (κ1) is 19.0. The minimum Gasteiger partial charge on any atom is -0.494 e. The van der Waals surface area contributed by atoms with Crippen molar-refractivity contribution >= 4 is 0 Å².